The SMILES string of the molecule is CCN(C1CCCCC1)S(=O)(=O)c1ccc(Br)c(C)c1. The molecule has 0 unspecified atom stereocenters. The molecule has 0 aromatic heterocycles. The Balaban J connectivity index is 2.32. The van der Waals surface area contributed by atoms with Crippen molar-refractivity contribution >= 4 is 26.0 Å². The third-order valence-corrected chi connectivity index (χ3v) is 6.94. The van der Waals surface area contributed by atoms with Gasteiger partial charge < -0.3 is 0 Å². The molecule has 0 aliphatic heterocycles. The van der Waals surface area contributed by atoms with Crippen molar-refractivity contribution in [3.05, 3.63) is 28.2 Å². The molecular formula is C15H22BrNO2S. The maximum atomic E-state index is 12.8. The Bertz CT molecular complexity index is 565. The lowest BCUT2D eigenvalue weighted by Gasteiger charge is -2.32. The van der Waals surface area contributed by atoms with E-state index in [0.29, 0.717) is 11.4 Å². The van der Waals surface area contributed by atoms with Crippen molar-refractivity contribution in [2.75, 3.05) is 6.54 Å². The summed E-state index contributed by atoms with van der Waals surface area (Å²) in [7, 11) is -3.38. The van der Waals surface area contributed by atoms with Crippen LogP contribution in [0.2, 0.25) is 0 Å². The fraction of sp³-hybridized carbons (Fsp3) is 0.600. The maximum absolute atomic E-state index is 12.8. The van der Waals surface area contributed by atoms with Crippen molar-refractivity contribution < 1.29 is 8.42 Å². The minimum absolute atomic E-state index is 0.169. The molecule has 1 fully saturated rings. The van der Waals surface area contributed by atoms with Gasteiger partial charge in [-0.05, 0) is 43.5 Å². The molecule has 0 bridgehead atoms. The van der Waals surface area contributed by atoms with Crippen LogP contribution in [0.1, 0.15) is 44.6 Å². The van der Waals surface area contributed by atoms with Gasteiger partial charge in [0.05, 0.1) is 4.90 Å². The van der Waals surface area contributed by atoms with E-state index in [1.165, 1.54) is 6.42 Å². The fourth-order valence-electron chi connectivity index (χ4n) is 2.91. The van der Waals surface area contributed by atoms with E-state index in [1.54, 1.807) is 16.4 Å². The normalized spacial score (nSPS) is 17.6. The second kappa shape index (κ2) is 6.58. The number of sulfonamides is 1. The van der Waals surface area contributed by atoms with Crippen LogP contribution in [0, 0.1) is 6.92 Å². The predicted octanol–water partition coefficient (Wildman–Crippen LogP) is 4.10. The minimum atomic E-state index is -3.38. The van der Waals surface area contributed by atoms with E-state index < -0.39 is 10.0 Å². The smallest absolute Gasteiger partial charge is 0.207 e. The Morgan fingerprint density at radius 2 is 1.90 bits per heavy atom. The van der Waals surface area contributed by atoms with Gasteiger partial charge in [-0.3, -0.25) is 0 Å². The van der Waals surface area contributed by atoms with Crippen LogP contribution in [0.5, 0.6) is 0 Å². The molecule has 0 heterocycles. The van der Waals surface area contributed by atoms with Gasteiger partial charge in [0.1, 0.15) is 0 Å². The van der Waals surface area contributed by atoms with Gasteiger partial charge in [-0.25, -0.2) is 8.42 Å². The van der Waals surface area contributed by atoms with Crippen LogP contribution in [0.25, 0.3) is 0 Å². The van der Waals surface area contributed by atoms with E-state index in [2.05, 4.69) is 15.9 Å². The first-order valence-corrected chi connectivity index (χ1v) is 9.48. The van der Waals surface area contributed by atoms with E-state index in [-0.39, 0.29) is 6.04 Å². The zero-order chi connectivity index (χ0) is 14.8. The molecule has 2 rings (SSSR count). The van der Waals surface area contributed by atoms with Gasteiger partial charge >= 0.3 is 0 Å². The van der Waals surface area contributed by atoms with Gasteiger partial charge in [-0.1, -0.05) is 42.1 Å². The second-order valence-corrected chi connectivity index (χ2v) is 8.16. The molecule has 1 aliphatic rings. The van der Waals surface area contributed by atoms with Crippen LogP contribution >= 0.6 is 15.9 Å². The molecule has 1 saturated carbocycles. The minimum Gasteiger partial charge on any atom is -0.207 e. The van der Waals surface area contributed by atoms with Crippen molar-refractivity contribution in [1.82, 2.24) is 4.31 Å². The first-order valence-electron chi connectivity index (χ1n) is 7.25. The Labute approximate surface area is 130 Å². The Kier molecular flexibility index (Phi) is 5.26. The summed E-state index contributed by atoms with van der Waals surface area (Å²) < 4.78 is 28.3. The standard InChI is InChI=1S/C15H22BrNO2S/c1-3-17(13-7-5-4-6-8-13)20(18,19)14-9-10-15(16)12(2)11-14/h9-11,13H,3-8H2,1-2H3. The zero-order valence-electron chi connectivity index (χ0n) is 12.1. The van der Waals surface area contributed by atoms with E-state index in [9.17, 15) is 8.42 Å². The molecule has 1 aliphatic carbocycles. The quantitative estimate of drug-likeness (QED) is 0.811. The van der Waals surface area contributed by atoms with E-state index in [1.807, 2.05) is 19.9 Å². The number of rotatable bonds is 4. The molecular weight excluding hydrogens is 338 g/mol. The zero-order valence-corrected chi connectivity index (χ0v) is 14.5. The summed E-state index contributed by atoms with van der Waals surface area (Å²) in [5.41, 5.74) is 0.950. The van der Waals surface area contributed by atoms with Crippen molar-refractivity contribution in [2.45, 2.75) is 56.9 Å². The number of aryl methyl sites for hydroxylation is 1. The molecule has 1 aromatic rings. The molecule has 3 nitrogen and oxygen atoms in total. The number of benzene rings is 1. The Morgan fingerprint density at radius 1 is 1.25 bits per heavy atom. The fourth-order valence-corrected chi connectivity index (χ4v) is 4.93. The molecule has 0 atom stereocenters. The summed E-state index contributed by atoms with van der Waals surface area (Å²) in [6, 6.07) is 5.43. The molecule has 0 saturated heterocycles. The summed E-state index contributed by atoms with van der Waals surface area (Å²) in [6.07, 6.45) is 5.47. The maximum Gasteiger partial charge on any atom is 0.243 e. The average Bonchev–Trinajstić information content (AvgIpc) is 2.43. The highest BCUT2D eigenvalue weighted by atomic mass is 79.9. The van der Waals surface area contributed by atoms with E-state index in [0.717, 1.165) is 35.7 Å². The van der Waals surface area contributed by atoms with E-state index in [4.69, 9.17) is 0 Å². The number of nitrogens with zero attached hydrogens (tertiary/aromatic N) is 1. The molecule has 0 spiro atoms. The van der Waals surface area contributed by atoms with Gasteiger partial charge in [0.2, 0.25) is 10.0 Å². The summed E-state index contributed by atoms with van der Waals surface area (Å²) in [4.78, 5) is 0.408. The average molecular weight is 360 g/mol. The molecule has 5 heteroatoms. The summed E-state index contributed by atoms with van der Waals surface area (Å²) in [6.45, 7) is 4.39. The molecule has 0 radical (unpaired) electrons. The molecule has 0 N–H and O–H groups in total. The predicted molar refractivity (Wildman–Crippen MR) is 85.3 cm³/mol. The van der Waals surface area contributed by atoms with Gasteiger partial charge in [-0.15, -0.1) is 0 Å². The summed E-state index contributed by atoms with van der Waals surface area (Å²) in [5.74, 6) is 0. The topological polar surface area (TPSA) is 37.4 Å². The van der Waals surface area contributed by atoms with Crippen molar-refractivity contribution in [3.8, 4) is 0 Å². The van der Waals surface area contributed by atoms with Gasteiger partial charge in [-0.2, -0.15) is 4.31 Å². The number of halogens is 1. The lowest BCUT2D eigenvalue weighted by atomic mass is 9.95. The van der Waals surface area contributed by atoms with Crippen LogP contribution in [0.4, 0.5) is 0 Å². The van der Waals surface area contributed by atoms with Crippen LogP contribution in [-0.4, -0.2) is 25.3 Å². The van der Waals surface area contributed by atoms with Crippen LogP contribution in [0.3, 0.4) is 0 Å². The third kappa shape index (κ3) is 3.26. The largest absolute Gasteiger partial charge is 0.243 e. The first-order chi connectivity index (χ1) is 9.46. The van der Waals surface area contributed by atoms with Gasteiger partial charge in [0.15, 0.2) is 0 Å². The van der Waals surface area contributed by atoms with Crippen LogP contribution in [-0.2, 0) is 10.0 Å². The summed E-state index contributed by atoms with van der Waals surface area (Å²) in [5, 5.41) is 0. The molecule has 1 aromatic carbocycles. The van der Waals surface area contributed by atoms with Gasteiger partial charge in [0, 0.05) is 17.1 Å². The lowest BCUT2D eigenvalue weighted by Crippen LogP contribution is -2.41. The summed E-state index contributed by atoms with van der Waals surface area (Å²) >= 11 is 3.42. The third-order valence-electron chi connectivity index (χ3n) is 4.03. The molecule has 112 valence electrons. The number of hydrogen-bond donors (Lipinski definition) is 0. The van der Waals surface area contributed by atoms with Crippen molar-refractivity contribution in [1.29, 1.82) is 0 Å². The Morgan fingerprint density at radius 3 is 2.45 bits per heavy atom. The highest BCUT2D eigenvalue weighted by molar-refractivity contribution is 9.10. The monoisotopic (exact) mass is 359 g/mol. The Hall–Kier alpha value is -0.390. The lowest BCUT2D eigenvalue weighted by molar-refractivity contribution is 0.261. The van der Waals surface area contributed by atoms with Gasteiger partial charge in [0.25, 0.3) is 0 Å². The first kappa shape index (κ1) is 16.0. The second-order valence-electron chi connectivity index (χ2n) is 5.41. The van der Waals surface area contributed by atoms with E-state index >= 15 is 0 Å². The molecule has 0 amide bonds. The highest BCUT2D eigenvalue weighted by Crippen LogP contribution is 2.29. The van der Waals surface area contributed by atoms with Crippen LogP contribution in [0.15, 0.2) is 27.6 Å². The molecule has 20 heavy (non-hydrogen) atoms. The number of hydrogen-bond acceptors (Lipinski definition) is 2. The van der Waals surface area contributed by atoms with Crippen molar-refractivity contribution in [3.63, 3.8) is 0 Å². The van der Waals surface area contributed by atoms with Crippen molar-refractivity contribution in [2.24, 2.45) is 0 Å². The van der Waals surface area contributed by atoms with Crippen LogP contribution < -0.4 is 0 Å². The highest BCUT2D eigenvalue weighted by Gasteiger charge is 2.31.